The van der Waals surface area contributed by atoms with E-state index in [4.69, 9.17) is 27.8 Å². The molecule has 18 heavy (non-hydrogen) atoms. The monoisotopic (exact) mass is 270 g/mol. The van der Waals surface area contributed by atoms with Crippen LogP contribution in [-0.2, 0) is 4.79 Å². The average Bonchev–Trinajstić information content (AvgIpc) is 2.28. The van der Waals surface area contributed by atoms with Crippen molar-refractivity contribution in [3.05, 3.63) is 28.8 Å². The summed E-state index contributed by atoms with van der Waals surface area (Å²) >= 11 is 5.95. The molecular weight excluding hydrogens is 252 g/mol. The van der Waals surface area contributed by atoms with E-state index in [2.05, 4.69) is 0 Å². The highest BCUT2D eigenvalue weighted by molar-refractivity contribution is 6.30. The zero-order valence-corrected chi connectivity index (χ0v) is 11.6. The van der Waals surface area contributed by atoms with Gasteiger partial charge in [0, 0.05) is 22.0 Å². The van der Waals surface area contributed by atoms with Crippen LogP contribution in [0.25, 0.3) is 0 Å². The quantitative estimate of drug-likeness (QED) is 0.861. The van der Waals surface area contributed by atoms with Crippen molar-refractivity contribution >= 4 is 17.5 Å². The molecule has 1 aromatic rings. The number of carbonyl (C=O) groups excluding carboxylic acids is 1. The summed E-state index contributed by atoms with van der Waals surface area (Å²) in [6.45, 7) is 3.54. The Hall–Kier alpha value is -1.26. The van der Waals surface area contributed by atoms with Crippen LogP contribution in [0.1, 0.15) is 31.9 Å². The van der Waals surface area contributed by atoms with Gasteiger partial charge in [0.25, 0.3) is 0 Å². The van der Waals surface area contributed by atoms with Crippen molar-refractivity contribution in [1.29, 1.82) is 0 Å². The molecule has 1 atom stereocenters. The molecule has 0 bridgehead atoms. The molecule has 0 heterocycles. The van der Waals surface area contributed by atoms with Crippen molar-refractivity contribution < 1.29 is 9.53 Å². The molecule has 0 radical (unpaired) electrons. The summed E-state index contributed by atoms with van der Waals surface area (Å²) < 4.78 is 5.24. The number of nitrogens with two attached hydrogens (primary N) is 2. The number of ether oxygens (including phenoxy) is 1. The third kappa shape index (κ3) is 3.37. The normalized spacial score (nSPS) is 13.2. The summed E-state index contributed by atoms with van der Waals surface area (Å²) in [5, 5.41) is 0.582. The van der Waals surface area contributed by atoms with Gasteiger partial charge in [0.05, 0.1) is 7.11 Å². The number of amides is 1. The molecule has 1 amide bonds. The van der Waals surface area contributed by atoms with Gasteiger partial charge in [-0.15, -0.1) is 0 Å². The first-order chi connectivity index (χ1) is 8.27. The molecule has 1 rings (SSSR count). The summed E-state index contributed by atoms with van der Waals surface area (Å²) in [5.41, 5.74) is 11.6. The molecular formula is C13H19ClN2O2. The highest BCUT2D eigenvalue weighted by Crippen LogP contribution is 2.34. The molecule has 5 heteroatoms. The van der Waals surface area contributed by atoms with E-state index < -0.39 is 5.41 Å². The molecule has 0 saturated heterocycles. The first kappa shape index (κ1) is 14.8. The predicted molar refractivity (Wildman–Crippen MR) is 72.5 cm³/mol. The van der Waals surface area contributed by atoms with Crippen molar-refractivity contribution in [2.45, 2.75) is 26.3 Å². The maximum Gasteiger partial charge on any atom is 0.223 e. The minimum Gasteiger partial charge on any atom is -0.496 e. The lowest BCUT2D eigenvalue weighted by atomic mass is 9.83. The third-order valence-electron chi connectivity index (χ3n) is 2.99. The molecule has 100 valence electrons. The third-order valence-corrected chi connectivity index (χ3v) is 3.22. The summed E-state index contributed by atoms with van der Waals surface area (Å²) in [6.07, 6.45) is 0.430. The van der Waals surface area contributed by atoms with Gasteiger partial charge in [0.15, 0.2) is 0 Å². The lowest BCUT2D eigenvalue weighted by molar-refractivity contribution is -0.126. The van der Waals surface area contributed by atoms with E-state index in [9.17, 15) is 4.79 Å². The lowest BCUT2D eigenvalue weighted by Gasteiger charge is -2.25. The number of carbonyl (C=O) groups is 1. The number of primary amides is 1. The molecule has 0 fully saturated rings. The topological polar surface area (TPSA) is 78.3 Å². The number of rotatable bonds is 5. The Morgan fingerprint density at radius 3 is 2.61 bits per heavy atom. The molecule has 4 nitrogen and oxygen atoms in total. The van der Waals surface area contributed by atoms with Crippen molar-refractivity contribution in [3.8, 4) is 5.75 Å². The van der Waals surface area contributed by atoms with Crippen molar-refractivity contribution in [3.63, 3.8) is 0 Å². The fourth-order valence-electron chi connectivity index (χ4n) is 1.76. The molecule has 0 spiro atoms. The molecule has 1 aromatic carbocycles. The summed E-state index contributed by atoms with van der Waals surface area (Å²) in [4.78, 5) is 11.3. The van der Waals surface area contributed by atoms with E-state index >= 15 is 0 Å². The standard InChI is InChI=1S/C13H19ClN2O2/c1-13(2,12(16)17)7-10(15)9-6-8(14)4-5-11(9)18-3/h4-6,10H,7,15H2,1-3H3,(H2,16,17). The maximum atomic E-state index is 11.3. The Bertz CT molecular complexity index is 447. The minimum atomic E-state index is -0.674. The van der Waals surface area contributed by atoms with Gasteiger partial charge in [0.1, 0.15) is 5.75 Å². The van der Waals surface area contributed by atoms with Crippen LogP contribution in [0.5, 0.6) is 5.75 Å². The number of halogens is 1. The first-order valence-corrected chi connectivity index (χ1v) is 6.04. The van der Waals surface area contributed by atoms with Crippen LogP contribution in [0.15, 0.2) is 18.2 Å². The number of methoxy groups -OCH3 is 1. The van der Waals surface area contributed by atoms with Gasteiger partial charge in [-0.1, -0.05) is 25.4 Å². The minimum absolute atomic E-state index is 0.360. The Morgan fingerprint density at radius 2 is 2.11 bits per heavy atom. The second kappa shape index (κ2) is 5.59. The van der Waals surface area contributed by atoms with Gasteiger partial charge in [-0.25, -0.2) is 0 Å². The summed E-state index contributed by atoms with van der Waals surface area (Å²) in [5.74, 6) is 0.283. The predicted octanol–water partition coefficient (Wildman–Crippen LogP) is 2.25. The van der Waals surface area contributed by atoms with Gasteiger partial charge in [-0.05, 0) is 24.6 Å². The van der Waals surface area contributed by atoms with Crippen LogP contribution >= 0.6 is 11.6 Å². The number of hydrogen-bond acceptors (Lipinski definition) is 3. The highest BCUT2D eigenvalue weighted by atomic mass is 35.5. The molecule has 0 aromatic heterocycles. The lowest BCUT2D eigenvalue weighted by Crippen LogP contribution is -2.34. The van der Waals surface area contributed by atoms with E-state index in [1.807, 2.05) is 0 Å². The van der Waals surface area contributed by atoms with Crippen molar-refractivity contribution in [1.82, 2.24) is 0 Å². The van der Waals surface area contributed by atoms with Crippen LogP contribution in [0, 0.1) is 5.41 Å². The Morgan fingerprint density at radius 1 is 1.50 bits per heavy atom. The zero-order chi connectivity index (χ0) is 13.9. The molecule has 0 aliphatic rings. The largest absolute Gasteiger partial charge is 0.496 e. The molecule has 0 saturated carbocycles. The van der Waals surface area contributed by atoms with Crippen molar-refractivity contribution in [2.75, 3.05) is 7.11 Å². The van der Waals surface area contributed by atoms with Crippen molar-refractivity contribution in [2.24, 2.45) is 16.9 Å². The van der Waals surface area contributed by atoms with Gasteiger partial charge in [-0.2, -0.15) is 0 Å². The Kier molecular flexibility index (Phi) is 4.59. The van der Waals surface area contributed by atoms with Crippen LogP contribution in [0.3, 0.4) is 0 Å². The number of benzene rings is 1. The van der Waals surface area contributed by atoms with E-state index in [0.717, 1.165) is 5.56 Å². The van der Waals surface area contributed by atoms with Crippen LogP contribution in [-0.4, -0.2) is 13.0 Å². The fourth-order valence-corrected chi connectivity index (χ4v) is 1.94. The van der Waals surface area contributed by atoms with Crippen LogP contribution in [0.4, 0.5) is 0 Å². The zero-order valence-electron chi connectivity index (χ0n) is 10.9. The second-order valence-corrected chi connectivity index (χ2v) is 5.38. The molecule has 1 unspecified atom stereocenters. The number of hydrogen-bond donors (Lipinski definition) is 2. The van der Waals surface area contributed by atoms with Gasteiger partial charge in [0.2, 0.25) is 5.91 Å². The summed E-state index contributed by atoms with van der Waals surface area (Å²) in [6, 6.07) is 4.88. The van der Waals surface area contributed by atoms with E-state index in [1.54, 1.807) is 39.2 Å². The highest BCUT2D eigenvalue weighted by Gasteiger charge is 2.29. The first-order valence-electron chi connectivity index (χ1n) is 5.67. The van der Waals surface area contributed by atoms with Gasteiger partial charge < -0.3 is 16.2 Å². The maximum absolute atomic E-state index is 11.3. The SMILES string of the molecule is COc1ccc(Cl)cc1C(N)CC(C)(C)C(N)=O. The average molecular weight is 271 g/mol. The fraction of sp³-hybridized carbons (Fsp3) is 0.462. The summed E-state index contributed by atoms with van der Waals surface area (Å²) in [7, 11) is 1.57. The van der Waals surface area contributed by atoms with E-state index in [0.29, 0.717) is 17.2 Å². The second-order valence-electron chi connectivity index (χ2n) is 4.95. The van der Waals surface area contributed by atoms with E-state index in [1.165, 1.54) is 0 Å². The molecule has 0 aliphatic heterocycles. The smallest absolute Gasteiger partial charge is 0.223 e. The molecule has 0 aliphatic carbocycles. The van der Waals surface area contributed by atoms with E-state index in [-0.39, 0.29) is 11.9 Å². The van der Waals surface area contributed by atoms with Gasteiger partial charge >= 0.3 is 0 Å². The van der Waals surface area contributed by atoms with Crippen LogP contribution in [0.2, 0.25) is 5.02 Å². The van der Waals surface area contributed by atoms with Crippen LogP contribution < -0.4 is 16.2 Å². The Balaban J connectivity index is 3.00. The molecule has 4 N–H and O–H groups in total. The van der Waals surface area contributed by atoms with Gasteiger partial charge in [-0.3, -0.25) is 4.79 Å². The Labute approximate surface area is 112 Å².